The largest absolute Gasteiger partial charge is 0.494 e. The molecular weight excluding hydrogens is 333 g/mol. The van der Waals surface area contributed by atoms with Crippen LogP contribution in [-0.4, -0.2) is 23.5 Å². The Bertz CT molecular complexity index is 740. The van der Waals surface area contributed by atoms with E-state index in [2.05, 4.69) is 15.6 Å². The van der Waals surface area contributed by atoms with E-state index < -0.39 is 11.4 Å². The van der Waals surface area contributed by atoms with E-state index in [9.17, 15) is 9.18 Å². The molecule has 0 bridgehead atoms. The van der Waals surface area contributed by atoms with Crippen LogP contribution in [0.4, 0.5) is 15.9 Å². The zero-order valence-corrected chi connectivity index (χ0v) is 14.7. The number of hydrogen-bond donors (Lipinski definition) is 2. The lowest BCUT2D eigenvalue weighted by molar-refractivity contribution is 0.0911. The second-order valence-corrected chi connectivity index (χ2v) is 6.67. The first-order chi connectivity index (χ1) is 11.2. The summed E-state index contributed by atoms with van der Waals surface area (Å²) in [5.41, 5.74) is 0.156. The van der Waals surface area contributed by atoms with Crippen LogP contribution in [0.25, 0.3) is 0 Å². The van der Waals surface area contributed by atoms with Crippen molar-refractivity contribution in [3.05, 3.63) is 46.9 Å². The van der Waals surface area contributed by atoms with Crippen LogP contribution in [0.1, 0.15) is 31.3 Å². The van der Waals surface area contributed by atoms with Crippen molar-refractivity contribution >= 4 is 29.0 Å². The normalized spacial score (nSPS) is 11.1. The Kier molecular flexibility index (Phi) is 5.29. The highest BCUT2D eigenvalue weighted by molar-refractivity contribution is 6.30. The molecule has 5 nitrogen and oxygen atoms in total. The quantitative estimate of drug-likeness (QED) is 0.868. The van der Waals surface area contributed by atoms with E-state index in [0.717, 1.165) is 0 Å². The van der Waals surface area contributed by atoms with Crippen LogP contribution in [0.15, 0.2) is 30.3 Å². The average molecular weight is 352 g/mol. The summed E-state index contributed by atoms with van der Waals surface area (Å²) in [6.45, 7) is 5.61. The van der Waals surface area contributed by atoms with Gasteiger partial charge in [-0.05, 0) is 51.1 Å². The average Bonchev–Trinajstić information content (AvgIpc) is 2.44. The number of nitrogens with zero attached hydrogens (tertiary/aromatic N) is 1. The highest BCUT2D eigenvalue weighted by Crippen LogP contribution is 2.24. The molecule has 1 amide bonds. The van der Waals surface area contributed by atoms with Crippen molar-refractivity contribution in [3.8, 4) is 5.75 Å². The van der Waals surface area contributed by atoms with Gasteiger partial charge in [0, 0.05) is 16.2 Å². The summed E-state index contributed by atoms with van der Waals surface area (Å²) in [5.74, 6) is -0.111. The molecular formula is C17H19ClFN3O2. The number of anilines is 2. The van der Waals surface area contributed by atoms with E-state index >= 15 is 0 Å². The van der Waals surface area contributed by atoms with Gasteiger partial charge < -0.3 is 15.4 Å². The second-order valence-electron chi connectivity index (χ2n) is 6.23. The number of ether oxygens (including phenoxy) is 1. The third-order valence-electron chi connectivity index (χ3n) is 2.92. The van der Waals surface area contributed by atoms with Crippen molar-refractivity contribution in [2.24, 2.45) is 0 Å². The van der Waals surface area contributed by atoms with Crippen molar-refractivity contribution in [1.29, 1.82) is 0 Å². The number of nitrogens with one attached hydrogen (secondary N) is 2. The van der Waals surface area contributed by atoms with E-state index in [0.29, 0.717) is 17.3 Å². The van der Waals surface area contributed by atoms with E-state index in [1.807, 2.05) is 20.8 Å². The van der Waals surface area contributed by atoms with Crippen LogP contribution in [0.2, 0.25) is 5.02 Å². The minimum atomic E-state index is -0.468. The monoisotopic (exact) mass is 351 g/mol. The van der Waals surface area contributed by atoms with Crippen LogP contribution in [-0.2, 0) is 0 Å². The van der Waals surface area contributed by atoms with Crippen LogP contribution in [0, 0.1) is 5.82 Å². The van der Waals surface area contributed by atoms with Crippen LogP contribution < -0.4 is 15.4 Å². The summed E-state index contributed by atoms with van der Waals surface area (Å²) in [5, 5.41) is 6.01. The molecule has 0 saturated carbocycles. The summed E-state index contributed by atoms with van der Waals surface area (Å²) in [6.07, 6.45) is 0. The summed E-state index contributed by atoms with van der Waals surface area (Å²) in [7, 11) is 1.46. The van der Waals surface area contributed by atoms with Gasteiger partial charge in [-0.15, -0.1) is 0 Å². The Hall–Kier alpha value is -2.34. The van der Waals surface area contributed by atoms with Crippen molar-refractivity contribution in [1.82, 2.24) is 10.3 Å². The molecule has 2 rings (SSSR count). The predicted molar refractivity (Wildman–Crippen MR) is 92.7 cm³/mol. The topological polar surface area (TPSA) is 63.2 Å². The van der Waals surface area contributed by atoms with E-state index in [-0.39, 0.29) is 16.6 Å². The van der Waals surface area contributed by atoms with Gasteiger partial charge in [0.05, 0.1) is 7.11 Å². The zero-order chi connectivity index (χ0) is 17.9. The first-order valence-corrected chi connectivity index (χ1v) is 7.66. The number of methoxy groups -OCH3 is 1. The highest BCUT2D eigenvalue weighted by Gasteiger charge is 2.20. The van der Waals surface area contributed by atoms with Crippen LogP contribution >= 0.6 is 11.6 Å². The zero-order valence-electron chi connectivity index (χ0n) is 13.9. The maximum atomic E-state index is 13.4. The second kappa shape index (κ2) is 7.05. The van der Waals surface area contributed by atoms with Gasteiger partial charge in [0.25, 0.3) is 5.91 Å². The number of carbonyl (C=O) groups is 1. The van der Waals surface area contributed by atoms with Crippen molar-refractivity contribution in [2.75, 3.05) is 12.4 Å². The minimum absolute atomic E-state index is 0.139. The molecule has 24 heavy (non-hydrogen) atoms. The fourth-order valence-corrected chi connectivity index (χ4v) is 2.24. The van der Waals surface area contributed by atoms with Gasteiger partial charge >= 0.3 is 0 Å². The van der Waals surface area contributed by atoms with Crippen molar-refractivity contribution in [2.45, 2.75) is 26.3 Å². The molecule has 0 atom stereocenters. The maximum Gasteiger partial charge on any atom is 0.274 e. The number of amides is 1. The number of benzene rings is 1. The van der Waals surface area contributed by atoms with Crippen LogP contribution in [0.3, 0.4) is 0 Å². The number of hydrogen-bond acceptors (Lipinski definition) is 4. The lowest BCUT2D eigenvalue weighted by Gasteiger charge is -2.21. The number of carbonyl (C=O) groups excluding carboxylic acids is 1. The van der Waals surface area contributed by atoms with Gasteiger partial charge in [-0.3, -0.25) is 4.79 Å². The molecule has 0 unspecified atom stereocenters. The van der Waals surface area contributed by atoms with Gasteiger partial charge in [0.15, 0.2) is 5.69 Å². The molecule has 0 fully saturated rings. The standard InChI is InChI=1S/C17H19ClFN3O2/c1-17(2,3)22-16(23)15-13(24-4)5-6-14(21-15)20-12-8-10(18)7-11(19)9-12/h5-9H,1-4H3,(H,20,21)(H,22,23). The molecule has 0 aliphatic rings. The summed E-state index contributed by atoms with van der Waals surface area (Å²) in [4.78, 5) is 16.7. The van der Waals surface area contributed by atoms with Crippen molar-refractivity contribution < 1.29 is 13.9 Å². The Labute approximate surface area is 145 Å². The Balaban J connectivity index is 2.32. The molecule has 0 spiro atoms. The molecule has 128 valence electrons. The van der Waals surface area contributed by atoms with Gasteiger partial charge in [-0.1, -0.05) is 11.6 Å². The molecule has 2 N–H and O–H groups in total. The third-order valence-corrected chi connectivity index (χ3v) is 3.13. The molecule has 0 saturated heterocycles. The van der Waals surface area contributed by atoms with E-state index in [1.165, 1.54) is 19.2 Å². The molecule has 0 radical (unpaired) electrons. The molecule has 2 aromatic rings. The summed E-state index contributed by atoms with van der Waals surface area (Å²) in [6, 6.07) is 7.30. The highest BCUT2D eigenvalue weighted by atomic mass is 35.5. The van der Waals surface area contributed by atoms with Gasteiger partial charge in [-0.2, -0.15) is 0 Å². The number of pyridine rings is 1. The summed E-state index contributed by atoms with van der Waals surface area (Å²) < 4.78 is 18.6. The fraction of sp³-hybridized carbons (Fsp3) is 0.294. The maximum absolute atomic E-state index is 13.4. The Morgan fingerprint density at radius 3 is 2.54 bits per heavy atom. The number of halogens is 2. The first-order valence-electron chi connectivity index (χ1n) is 7.28. The predicted octanol–water partition coefficient (Wildman–Crippen LogP) is 4.15. The molecule has 7 heteroatoms. The van der Waals surface area contributed by atoms with Gasteiger partial charge in [0.1, 0.15) is 17.4 Å². The lowest BCUT2D eigenvalue weighted by atomic mass is 10.1. The smallest absolute Gasteiger partial charge is 0.274 e. The first kappa shape index (κ1) is 18.0. The number of aromatic nitrogens is 1. The van der Waals surface area contributed by atoms with E-state index in [4.69, 9.17) is 16.3 Å². The third kappa shape index (κ3) is 4.83. The molecule has 0 aliphatic carbocycles. The molecule has 1 aromatic carbocycles. The van der Waals surface area contributed by atoms with Crippen molar-refractivity contribution in [3.63, 3.8) is 0 Å². The number of rotatable bonds is 4. The Morgan fingerprint density at radius 2 is 1.96 bits per heavy atom. The van der Waals surface area contributed by atoms with Gasteiger partial charge in [-0.25, -0.2) is 9.37 Å². The minimum Gasteiger partial charge on any atom is -0.494 e. The molecule has 1 aromatic heterocycles. The fourth-order valence-electron chi connectivity index (χ4n) is 2.02. The SMILES string of the molecule is COc1ccc(Nc2cc(F)cc(Cl)c2)nc1C(=O)NC(C)(C)C. The molecule has 0 aliphatic heterocycles. The van der Waals surface area contributed by atoms with Gasteiger partial charge in [0.2, 0.25) is 0 Å². The lowest BCUT2D eigenvalue weighted by Crippen LogP contribution is -2.41. The van der Waals surface area contributed by atoms with Crippen LogP contribution in [0.5, 0.6) is 5.75 Å². The molecule has 1 heterocycles. The Morgan fingerprint density at radius 1 is 1.25 bits per heavy atom. The van der Waals surface area contributed by atoms with E-state index in [1.54, 1.807) is 18.2 Å². The summed E-state index contributed by atoms with van der Waals surface area (Å²) >= 11 is 5.83.